The minimum Gasteiger partial charge on any atom is -0.484 e. The first-order valence-electron chi connectivity index (χ1n) is 9.80. The summed E-state index contributed by atoms with van der Waals surface area (Å²) in [6, 6.07) is 27.1. The van der Waals surface area contributed by atoms with E-state index in [1.807, 2.05) is 43.3 Å². The van der Waals surface area contributed by atoms with E-state index in [1.54, 1.807) is 24.3 Å². The van der Waals surface area contributed by atoms with E-state index in [4.69, 9.17) is 4.74 Å². The zero-order valence-corrected chi connectivity index (χ0v) is 16.5. The van der Waals surface area contributed by atoms with Gasteiger partial charge in [0.25, 0.3) is 5.91 Å². The van der Waals surface area contributed by atoms with E-state index in [-0.39, 0.29) is 24.2 Å². The average molecular weight is 387 g/mol. The van der Waals surface area contributed by atoms with Crippen molar-refractivity contribution in [3.8, 4) is 5.75 Å². The maximum Gasteiger partial charge on any atom is 0.257 e. The quantitative estimate of drug-likeness (QED) is 0.546. The average Bonchev–Trinajstić information content (AvgIpc) is 2.79. The van der Waals surface area contributed by atoms with Crippen LogP contribution in [-0.2, 0) is 4.79 Å². The Morgan fingerprint density at radius 1 is 0.828 bits per heavy atom. The second-order valence-electron chi connectivity index (χ2n) is 6.77. The summed E-state index contributed by atoms with van der Waals surface area (Å²) >= 11 is 0. The van der Waals surface area contributed by atoms with Crippen LogP contribution in [0.5, 0.6) is 5.75 Å². The number of benzene rings is 3. The number of carbonyl (C=O) groups is 2. The lowest BCUT2D eigenvalue weighted by atomic mass is 9.91. The summed E-state index contributed by atoms with van der Waals surface area (Å²) in [5.74, 6) is 0.536. The number of amides is 1. The van der Waals surface area contributed by atoms with E-state index in [2.05, 4.69) is 29.6 Å². The first kappa shape index (κ1) is 20.3. The predicted octanol–water partition coefficient (Wildman–Crippen LogP) is 4.61. The van der Waals surface area contributed by atoms with Crippen LogP contribution >= 0.6 is 0 Å². The van der Waals surface area contributed by atoms with Gasteiger partial charge in [0.1, 0.15) is 5.75 Å². The SMILES string of the molecule is CCC(=O)c1ccc(OCC(=O)NCC(c2ccccc2)c2ccccc2)cc1. The van der Waals surface area contributed by atoms with Crippen LogP contribution in [0.25, 0.3) is 0 Å². The maximum absolute atomic E-state index is 12.3. The molecule has 0 aliphatic rings. The van der Waals surface area contributed by atoms with E-state index in [9.17, 15) is 9.59 Å². The molecule has 0 saturated carbocycles. The molecule has 0 aromatic heterocycles. The highest BCUT2D eigenvalue weighted by Crippen LogP contribution is 2.23. The van der Waals surface area contributed by atoms with Gasteiger partial charge in [0.15, 0.2) is 12.4 Å². The maximum atomic E-state index is 12.3. The molecule has 3 aromatic carbocycles. The molecule has 3 rings (SSSR count). The molecule has 0 fully saturated rings. The molecule has 1 N–H and O–H groups in total. The van der Waals surface area contributed by atoms with Crippen LogP contribution in [0.2, 0.25) is 0 Å². The molecule has 3 aromatic rings. The number of Topliss-reactive ketones (excluding diaryl/α,β-unsaturated/α-hetero) is 1. The first-order valence-corrected chi connectivity index (χ1v) is 9.80. The Hall–Kier alpha value is -3.40. The van der Waals surface area contributed by atoms with Gasteiger partial charge in [-0.25, -0.2) is 0 Å². The van der Waals surface area contributed by atoms with E-state index in [0.29, 0.717) is 24.3 Å². The van der Waals surface area contributed by atoms with Crippen molar-refractivity contribution >= 4 is 11.7 Å². The molecule has 0 saturated heterocycles. The number of carbonyl (C=O) groups excluding carboxylic acids is 2. The molecule has 1 amide bonds. The van der Waals surface area contributed by atoms with Crippen molar-refractivity contribution in [1.29, 1.82) is 0 Å². The summed E-state index contributed by atoms with van der Waals surface area (Å²) in [6.45, 7) is 2.24. The molecule has 0 heterocycles. The fraction of sp³-hybridized carbons (Fsp3) is 0.200. The highest BCUT2D eigenvalue weighted by molar-refractivity contribution is 5.95. The molecule has 4 heteroatoms. The number of hydrogen-bond donors (Lipinski definition) is 1. The van der Waals surface area contributed by atoms with Crippen molar-refractivity contribution in [2.24, 2.45) is 0 Å². The molecule has 0 bridgehead atoms. The molecule has 0 aliphatic heterocycles. The number of rotatable bonds is 9. The molecule has 4 nitrogen and oxygen atoms in total. The van der Waals surface area contributed by atoms with E-state index in [0.717, 1.165) is 11.1 Å². The van der Waals surface area contributed by atoms with E-state index in [1.165, 1.54) is 0 Å². The van der Waals surface area contributed by atoms with Crippen molar-refractivity contribution in [1.82, 2.24) is 5.32 Å². The van der Waals surface area contributed by atoms with Gasteiger partial charge in [-0.05, 0) is 35.4 Å². The molecule has 148 valence electrons. The van der Waals surface area contributed by atoms with Crippen LogP contribution in [0, 0.1) is 0 Å². The minimum absolute atomic E-state index is 0.0701. The van der Waals surface area contributed by atoms with Crippen LogP contribution in [0.4, 0.5) is 0 Å². The zero-order chi connectivity index (χ0) is 20.5. The number of ether oxygens (including phenoxy) is 1. The summed E-state index contributed by atoms with van der Waals surface area (Å²) in [5, 5.41) is 2.97. The van der Waals surface area contributed by atoms with Gasteiger partial charge in [-0.3, -0.25) is 9.59 Å². The Morgan fingerprint density at radius 3 is 1.90 bits per heavy atom. The lowest BCUT2D eigenvalue weighted by molar-refractivity contribution is -0.123. The van der Waals surface area contributed by atoms with Crippen molar-refractivity contribution in [3.63, 3.8) is 0 Å². The monoisotopic (exact) mass is 387 g/mol. The van der Waals surface area contributed by atoms with Gasteiger partial charge in [0, 0.05) is 24.4 Å². The Kier molecular flexibility index (Phi) is 7.17. The summed E-state index contributed by atoms with van der Waals surface area (Å²) in [4.78, 5) is 24.0. The van der Waals surface area contributed by atoms with Crippen LogP contribution in [0.15, 0.2) is 84.9 Å². The van der Waals surface area contributed by atoms with Gasteiger partial charge in [-0.15, -0.1) is 0 Å². The van der Waals surface area contributed by atoms with Crippen molar-refractivity contribution in [3.05, 3.63) is 102 Å². The number of hydrogen-bond acceptors (Lipinski definition) is 3. The second-order valence-corrected chi connectivity index (χ2v) is 6.77. The zero-order valence-electron chi connectivity index (χ0n) is 16.5. The molecule has 0 spiro atoms. The smallest absolute Gasteiger partial charge is 0.257 e. The first-order chi connectivity index (χ1) is 14.2. The predicted molar refractivity (Wildman–Crippen MR) is 114 cm³/mol. The Bertz CT molecular complexity index is 882. The largest absolute Gasteiger partial charge is 0.484 e. The van der Waals surface area contributed by atoms with E-state index >= 15 is 0 Å². The standard InChI is InChI=1S/C25H25NO3/c1-2-24(27)21-13-15-22(16-14-21)29-18-25(28)26-17-23(19-9-5-3-6-10-19)20-11-7-4-8-12-20/h3-16,23H,2,17-18H2,1H3,(H,26,28). The summed E-state index contributed by atoms with van der Waals surface area (Å²) < 4.78 is 5.56. The molecular weight excluding hydrogens is 362 g/mol. The van der Waals surface area contributed by atoms with Gasteiger partial charge in [0.05, 0.1) is 0 Å². The van der Waals surface area contributed by atoms with Crippen molar-refractivity contribution in [2.45, 2.75) is 19.3 Å². The topological polar surface area (TPSA) is 55.4 Å². The van der Waals surface area contributed by atoms with Gasteiger partial charge >= 0.3 is 0 Å². The molecule has 0 aliphatic carbocycles. The van der Waals surface area contributed by atoms with Crippen LogP contribution in [0.1, 0.15) is 40.7 Å². The molecule has 0 radical (unpaired) electrons. The Morgan fingerprint density at radius 2 is 1.38 bits per heavy atom. The number of ketones is 1. The molecule has 0 unspecified atom stereocenters. The third-order valence-electron chi connectivity index (χ3n) is 4.77. The van der Waals surface area contributed by atoms with Crippen LogP contribution in [-0.4, -0.2) is 24.8 Å². The minimum atomic E-state index is -0.185. The van der Waals surface area contributed by atoms with Gasteiger partial charge < -0.3 is 10.1 Å². The lowest BCUT2D eigenvalue weighted by Gasteiger charge is -2.19. The third-order valence-corrected chi connectivity index (χ3v) is 4.77. The Labute approximate surface area is 171 Å². The van der Waals surface area contributed by atoms with Gasteiger partial charge in [0.2, 0.25) is 0 Å². The Balaban J connectivity index is 1.57. The second kappa shape index (κ2) is 10.2. The summed E-state index contributed by atoms with van der Waals surface area (Å²) in [7, 11) is 0. The molecule has 0 atom stereocenters. The van der Waals surface area contributed by atoms with Crippen LogP contribution in [0.3, 0.4) is 0 Å². The highest BCUT2D eigenvalue weighted by Gasteiger charge is 2.15. The van der Waals surface area contributed by atoms with E-state index < -0.39 is 0 Å². The summed E-state index contributed by atoms with van der Waals surface area (Å²) in [6.07, 6.45) is 0.465. The normalized spacial score (nSPS) is 10.6. The fourth-order valence-corrected chi connectivity index (χ4v) is 3.16. The lowest BCUT2D eigenvalue weighted by Crippen LogP contribution is -2.32. The van der Waals surface area contributed by atoms with Crippen LogP contribution < -0.4 is 10.1 Å². The van der Waals surface area contributed by atoms with Gasteiger partial charge in [-0.1, -0.05) is 67.6 Å². The third kappa shape index (κ3) is 5.79. The highest BCUT2D eigenvalue weighted by atomic mass is 16.5. The van der Waals surface area contributed by atoms with Crippen molar-refractivity contribution in [2.75, 3.05) is 13.2 Å². The van der Waals surface area contributed by atoms with Gasteiger partial charge in [-0.2, -0.15) is 0 Å². The molecular formula is C25H25NO3. The number of nitrogens with one attached hydrogen (secondary N) is 1. The summed E-state index contributed by atoms with van der Waals surface area (Å²) in [5.41, 5.74) is 2.95. The van der Waals surface area contributed by atoms with Crippen molar-refractivity contribution < 1.29 is 14.3 Å². The molecule has 29 heavy (non-hydrogen) atoms. The fourth-order valence-electron chi connectivity index (χ4n) is 3.16.